The van der Waals surface area contributed by atoms with Crippen LogP contribution in [-0.4, -0.2) is 37.3 Å². The van der Waals surface area contributed by atoms with Crippen molar-refractivity contribution in [2.75, 3.05) is 20.8 Å². The van der Waals surface area contributed by atoms with Crippen LogP contribution in [0.15, 0.2) is 24.5 Å². The summed E-state index contributed by atoms with van der Waals surface area (Å²) in [5, 5.41) is 0. The molecule has 1 aromatic rings. The molecule has 0 aliphatic rings. The molecule has 8 heteroatoms. The maximum Gasteiger partial charge on any atom is 0.374 e. The van der Waals surface area contributed by atoms with Gasteiger partial charge < -0.3 is 18.8 Å². The van der Waals surface area contributed by atoms with Gasteiger partial charge in [-0.2, -0.15) is 0 Å². The molecule has 0 amide bonds. The minimum atomic E-state index is -0.646. The van der Waals surface area contributed by atoms with Gasteiger partial charge in [-0.1, -0.05) is 12.7 Å². The first-order valence-electron chi connectivity index (χ1n) is 5.64. The number of methoxy groups -OCH3 is 2. The van der Waals surface area contributed by atoms with Gasteiger partial charge in [-0.05, 0) is 51.2 Å². The van der Waals surface area contributed by atoms with E-state index < -0.39 is 11.9 Å². The van der Waals surface area contributed by atoms with Gasteiger partial charge >= 0.3 is 11.9 Å². The van der Waals surface area contributed by atoms with E-state index in [0.29, 0.717) is 0 Å². The van der Waals surface area contributed by atoms with E-state index in [1.165, 1.54) is 31.1 Å². The summed E-state index contributed by atoms with van der Waals surface area (Å²) in [7, 11) is 2.54. The van der Waals surface area contributed by atoms with Gasteiger partial charge in [0, 0.05) is 3.57 Å². The molecular weight excluding hydrogens is 504 g/mol. The van der Waals surface area contributed by atoms with Crippen LogP contribution >= 0.6 is 45.2 Å². The third-order valence-electron chi connectivity index (χ3n) is 2.32. The number of rotatable bonds is 6. The lowest BCUT2D eigenvalue weighted by Crippen LogP contribution is -2.13. The molecule has 0 fully saturated rings. The fraction of sp³-hybridized carbons (Fsp3) is 0.231. The molecule has 0 bridgehead atoms. The molecule has 0 aromatic carbocycles. The zero-order valence-corrected chi connectivity index (χ0v) is 15.7. The predicted octanol–water partition coefficient (Wildman–Crippen LogP) is 2.66. The fourth-order valence-electron chi connectivity index (χ4n) is 1.37. The summed E-state index contributed by atoms with van der Waals surface area (Å²) in [6.07, 6.45) is 2.90. The maximum atomic E-state index is 11.8. The molecule has 114 valence electrons. The summed E-state index contributed by atoms with van der Waals surface area (Å²) < 4.78 is 17.8. The topological polar surface area (TPSA) is 66.8 Å². The van der Waals surface area contributed by atoms with Crippen LogP contribution in [0, 0.1) is 7.27 Å². The number of esters is 2. The van der Waals surface area contributed by atoms with E-state index in [1.54, 1.807) is 6.07 Å². The van der Waals surface area contributed by atoms with Crippen LogP contribution < -0.4 is 0 Å². The molecule has 1 aromatic heterocycles. The zero-order chi connectivity index (χ0) is 16.0. The quantitative estimate of drug-likeness (QED) is 0.191. The van der Waals surface area contributed by atoms with E-state index in [9.17, 15) is 9.59 Å². The second-order valence-electron chi connectivity index (χ2n) is 3.61. The molecule has 1 heterocycles. The average Bonchev–Trinajstić information content (AvgIpc) is 2.77. The number of aromatic nitrogens is 1. The van der Waals surface area contributed by atoms with Crippen LogP contribution in [0.1, 0.15) is 10.5 Å². The lowest BCUT2D eigenvalue weighted by molar-refractivity contribution is -0.139. The summed E-state index contributed by atoms with van der Waals surface area (Å²) in [6.45, 7) is 3.66. The minimum absolute atomic E-state index is 0.0348. The van der Waals surface area contributed by atoms with Gasteiger partial charge in [0.25, 0.3) is 0 Å². The van der Waals surface area contributed by atoms with Crippen molar-refractivity contribution in [3.05, 3.63) is 37.4 Å². The van der Waals surface area contributed by atoms with E-state index in [2.05, 4.69) is 56.5 Å². The van der Waals surface area contributed by atoms with Crippen molar-refractivity contribution in [2.45, 2.75) is 0 Å². The van der Waals surface area contributed by atoms with Gasteiger partial charge in [0.2, 0.25) is 5.76 Å². The highest BCUT2D eigenvalue weighted by molar-refractivity contribution is 14.1. The molecule has 0 radical (unpaired) electrons. The van der Waals surface area contributed by atoms with Gasteiger partial charge in [-0.25, -0.2) is 9.59 Å². The molecule has 6 nitrogen and oxygen atoms in total. The van der Waals surface area contributed by atoms with Crippen LogP contribution in [-0.2, 0) is 19.0 Å². The van der Waals surface area contributed by atoms with Gasteiger partial charge in [0.05, 0.1) is 24.1 Å². The fourth-order valence-corrected chi connectivity index (χ4v) is 2.48. The monoisotopic (exact) mass is 517 g/mol. The second kappa shape index (κ2) is 8.41. The van der Waals surface area contributed by atoms with Crippen molar-refractivity contribution in [3.63, 3.8) is 0 Å². The molecule has 1 rings (SSSR count). The highest BCUT2D eigenvalue weighted by atomic mass is 127. The van der Waals surface area contributed by atoms with Crippen molar-refractivity contribution in [1.82, 2.24) is 4.57 Å². The Morgan fingerprint density at radius 2 is 2.00 bits per heavy atom. The largest absolute Gasteiger partial charge is 0.481 e. The van der Waals surface area contributed by atoms with Crippen LogP contribution in [0.3, 0.4) is 0 Å². The van der Waals surface area contributed by atoms with Crippen LogP contribution in [0.5, 0.6) is 0 Å². The van der Waals surface area contributed by atoms with E-state index in [0.717, 1.165) is 7.27 Å². The maximum absolute atomic E-state index is 11.8. The SMILES string of the molecule is C=CCO/C(=C\n1c(C(=O)OC)cc(I)c1I)C(=O)OC. The third kappa shape index (κ3) is 4.46. The molecular formula is C13H13I2NO5. The number of hydrogen-bond acceptors (Lipinski definition) is 5. The summed E-state index contributed by atoms with van der Waals surface area (Å²) in [6, 6.07) is 1.66. The summed E-state index contributed by atoms with van der Waals surface area (Å²) in [5.41, 5.74) is 0.287. The molecule has 0 aliphatic carbocycles. The van der Waals surface area contributed by atoms with Crippen LogP contribution in [0.25, 0.3) is 6.20 Å². The van der Waals surface area contributed by atoms with E-state index in [-0.39, 0.29) is 18.1 Å². The standard InChI is InChI=1S/C13H13I2NO5/c1-4-5-21-10(13(18)20-3)7-16-9(12(17)19-2)6-8(14)11(16)15/h4,6-7H,1,5H2,2-3H3/b10-7-. The van der Waals surface area contributed by atoms with Crippen molar-refractivity contribution < 1.29 is 23.8 Å². The Labute approximate surface area is 149 Å². The molecule has 0 atom stereocenters. The minimum Gasteiger partial charge on any atom is -0.481 e. The molecule has 0 spiro atoms. The van der Waals surface area contributed by atoms with Crippen molar-refractivity contribution in [3.8, 4) is 0 Å². The number of halogens is 2. The number of nitrogens with zero attached hydrogens (tertiary/aromatic N) is 1. The smallest absolute Gasteiger partial charge is 0.374 e. The summed E-state index contributed by atoms with van der Waals surface area (Å²) in [5.74, 6) is -1.19. The zero-order valence-electron chi connectivity index (χ0n) is 11.4. The molecule has 0 N–H and O–H groups in total. The Balaban J connectivity index is 3.34. The van der Waals surface area contributed by atoms with Crippen molar-refractivity contribution in [2.24, 2.45) is 0 Å². The first-order valence-corrected chi connectivity index (χ1v) is 7.80. The Kier molecular flexibility index (Phi) is 7.22. The van der Waals surface area contributed by atoms with E-state index >= 15 is 0 Å². The number of hydrogen-bond donors (Lipinski definition) is 0. The third-order valence-corrected chi connectivity index (χ3v) is 5.27. The number of carbonyl (C=O) groups excluding carboxylic acids is 2. The lowest BCUT2D eigenvalue weighted by atomic mass is 10.4. The van der Waals surface area contributed by atoms with Gasteiger partial charge in [-0.15, -0.1) is 0 Å². The molecule has 0 saturated heterocycles. The average molecular weight is 517 g/mol. The highest BCUT2D eigenvalue weighted by Gasteiger charge is 2.20. The van der Waals surface area contributed by atoms with E-state index in [4.69, 9.17) is 9.47 Å². The Bertz CT molecular complexity index is 592. The van der Waals surface area contributed by atoms with Gasteiger partial charge in [0.15, 0.2) is 0 Å². The highest BCUT2D eigenvalue weighted by Crippen LogP contribution is 2.22. The van der Waals surface area contributed by atoms with E-state index in [1.807, 2.05) is 0 Å². The molecule has 0 aliphatic heterocycles. The molecule has 0 saturated carbocycles. The Hall–Kier alpha value is -1.04. The van der Waals surface area contributed by atoms with Crippen LogP contribution in [0.2, 0.25) is 0 Å². The normalized spacial score (nSPS) is 11.0. The number of carbonyl (C=O) groups is 2. The first kappa shape index (κ1) is 18.0. The Morgan fingerprint density at radius 3 is 2.52 bits per heavy atom. The van der Waals surface area contributed by atoms with Crippen molar-refractivity contribution in [1.29, 1.82) is 0 Å². The predicted molar refractivity (Wildman–Crippen MR) is 93.6 cm³/mol. The first-order chi connectivity index (χ1) is 9.96. The summed E-state index contributed by atoms with van der Waals surface area (Å²) >= 11 is 4.14. The van der Waals surface area contributed by atoms with Crippen LogP contribution in [0.4, 0.5) is 0 Å². The lowest BCUT2D eigenvalue weighted by Gasteiger charge is -2.09. The van der Waals surface area contributed by atoms with Gasteiger partial charge in [0.1, 0.15) is 12.3 Å². The Morgan fingerprint density at radius 1 is 1.33 bits per heavy atom. The second-order valence-corrected chi connectivity index (χ2v) is 5.80. The molecule has 0 unspecified atom stereocenters. The molecule has 21 heavy (non-hydrogen) atoms. The van der Waals surface area contributed by atoms with Crippen molar-refractivity contribution >= 4 is 63.3 Å². The number of ether oxygens (including phenoxy) is 3. The summed E-state index contributed by atoms with van der Waals surface area (Å²) in [4.78, 5) is 23.5. The van der Waals surface area contributed by atoms with Gasteiger partial charge in [-0.3, -0.25) is 0 Å².